The van der Waals surface area contributed by atoms with Crippen LogP contribution in [0.5, 0.6) is 5.75 Å². The van der Waals surface area contributed by atoms with E-state index in [0.29, 0.717) is 49.2 Å². The van der Waals surface area contributed by atoms with E-state index in [1.807, 2.05) is 25.3 Å². The molecule has 2 amide bonds. The molecule has 1 aromatic heterocycles. The summed E-state index contributed by atoms with van der Waals surface area (Å²) in [6, 6.07) is 8.74. The summed E-state index contributed by atoms with van der Waals surface area (Å²) in [6.07, 6.45) is 4.08. The number of imidazole rings is 1. The molecule has 6 rings (SSSR count). The van der Waals surface area contributed by atoms with Gasteiger partial charge in [-0.05, 0) is 69.0 Å². The number of likely N-dealkylation sites (tertiary alicyclic amines) is 1. The molecule has 2 aromatic carbocycles. The van der Waals surface area contributed by atoms with Crippen molar-refractivity contribution in [3.8, 4) is 16.9 Å². The Labute approximate surface area is 267 Å². The van der Waals surface area contributed by atoms with Crippen molar-refractivity contribution in [1.82, 2.24) is 19.4 Å². The molecule has 3 aliphatic heterocycles. The molecule has 0 aliphatic carbocycles. The van der Waals surface area contributed by atoms with Crippen LogP contribution in [0.25, 0.3) is 11.1 Å². The van der Waals surface area contributed by atoms with Crippen molar-refractivity contribution in [2.75, 3.05) is 13.1 Å². The molecule has 0 saturated carbocycles. The number of amides is 2. The fourth-order valence-electron chi connectivity index (χ4n) is 6.08. The molecule has 0 radical (unpaired) electrons. The third kappa shape index (κ3) is 6.21. The minimum absolute atomic E-state index is 0. The summed E-state index contributed by atoms with van der Waals surface area (Å²) in [5, 5.41) is 12.2. The number of piperidine rings is 1. The van der Waals surface area contributed by atoms with Crippen molar-refractivity contribution in [2.45, 2.75) is 77.3 Å². The molecule has 1 atom stereocenters. The fourth-order valence-corrected chi connectivity index (χ4v) is 6.08. The maximum atomic E-state index is 15.4. The van der Waals surface area contributed by atoms with Crippen LogP contribution in [0.3, 0.4) is 0 Å². The van der Waals surface area contributed by atoms with E-state index in [1.54, 1.807) is 41.6 Å². The zero-order chi connectivity index (χ0) is 30.5. The standard InChI is InChI=1S/C32H35FN4O6.Li/c1-32(2,3)43-31(41)35-13-10-22(11-14-35)42-21-8-6-19(7-9-21)20-15-23-24(25(33)16-20)17-37(29(23)38)28(30(39)40)27-26-5-4-12-36(26)18-34-27;/h6-9,15-16,18,22,28H,4-5,10-14,17H2,1-3H3,(H,39,40);/q;+1/p-1. The first kappa shape index (κ1) is 31.6. The molecule has 0 spiro atoms. The van der Waals surface area contributed by atoms with Crippen LogP contribution in [-0.2, 0) is 29.0 Å². The van der Waals surface area contributed by atoms with Crippen molar-refractivity contribution in [2.24, 2.45) is 0 Å². The molecule has 10 nitrogen and oxygen atoms in total. The van der Waals surface area contributed by atoms with E-state index in [4.69, 9.17) is 9.47 Å². The number of hydrogen-bond acceptors (Lipinski definition) is 7. The minimum atomic E-state index is -1.44. The normalized spacial score (nSPS) is 17.1. The first-order valence-electron chi connectivity index (χ1n) is 14.6. The van der Waals surface area contributed by atoms with Gasteiger partial charge in [0, 0.05) is 49.3 Å². The molecule has 0 N–H and O–H groups in total. The van der Waals surface area contributed by atoms with Gasteiger partial charge in [-0.15, -0.1) is 0 Å². The van der Waals surface area contributed by atoms with Crippen molar-refractivity contribution < 1.29 is 52.2 Å². The van der Waals surface area contributed by atoms with Crippen molar-refractivity contribution in [1.29, 1.82) is 0 Å². The van der Waals surface area contributed by atoms with Gasteiger partial charge in [0.2, 0.25) is 0 Å². The Hall–Kier alpha value is -3.81. The van der Waals surface area contributed by atoms with E-state index >= 15 is 4.39 Å². The smallest absolute Gasteiger partial charge is 0.547 e. The number of carboxylic acid groups (broad SMARTS) is 1. The number of aliphatic carboxylic acids is 1. The number of aryl methyl sites for hydroxylation is 1. The Kier molecular flexibility index (Phi) is 8.83. The molecule has 226 valence electrons. The van der Waals surface area contributed by atoms with Crippen molar-refractivity contribution in [3.05, 3.63) is 71.1 Å². The molecule has 3 aliphatic rings. The number of ether oxygens (including phenoxy) is 2. The van der Waals surface area contributed by atoms with Crippen LogP contribution in [0.2, 0.25) is 0 Å². The van der Waals surface area contributed by atoms with Gasteiger partial charge in [0.15, 0.2) is 0 Å². The number of aromatic nitrogens is 2. The van der Waals surface area contributed by atoms with Crippen LogP contribution >= 0.6 is 0 Å². The Bertz CT molecular complexity index is 1580. The number of carbonyl (C=O) groups is 3. The summed E-state index contributed by atoms with van der Waals surface area (Å²) in [5.41, 5.74) is 1.99. The molecule has 12 heteroatoms. The SMILES string of the molecule is CC(C)(C)OC(=O)N1CCC(Oc2ccc(-c3cc(F)c4c(c3)C(=O)N(C(C(=O)[O-])c3ncn5c3CCC5)C4)cc2)CC1.[Li+]. The van der Waals surface area contributed by atoms with Gasteiger partial charge in [0.05, 0.1) is 24.5 Å². The van der Waals surface area contributed by atoms with Gasteiger partial charge in [0.1, 0.15) is 29.3 Å². The second-order valence-electron chi connectivity index (χ2n) is 12.3. The average molecular weight is 597 g/mol. The summed E-state index contributed by atoms with van der Waals surface area (Å²) >= 11 is 0. The van der Waals surface area contributed by atoms with Gasteiger partial charge in [-0.3, -0.25) is 4.79 Å². The number of carboxylic acids is 1. The number of carbonyl (C=O) groups excluding carboxylic acids is 3. The largest absolute Gasteiger partial charge is 1.00 e. The predicted octanol–water partition coefficient (Wildman–Crippen LogP) is 0.865. The van der Waals surface area contributed by atoms with Gasteiger partial charge in [-0.25, -0.2) is 14.2 Å². The number of hydrogen-bond donors (Lipinski definition) is 0. The molecule has 3 aromatic rings. The summed E-state index contributed by atoms with van der Waals surface area (Å²) in [4.78, 5) is 45.1. The summed E-state index contributed by atoms with van der Waals surface area (Å²) < 4.78 is 28.8. The zero-order valence-corrected chi connectivity index (χ0v) is 25.5. The van der Waals surface area contributed by atoms with Crippen molar-refractivity contribution in [3.63, 3.8) is 0 Å². The summed E-state index contributed by atoms with van der Waals surface area (Å²) in [5.74, 6) is -1.94. The summed E-state index contributed by atoms with van der Waals surface area (Å²) in [6.45, 7) is 7.17. The van der Waals surface area contributed by atoms with Crippen LogP contribution < -0.4 is 28.7 Å². The minimum Gasteiger partial charge on any atom is -0.547 e. The van der Waals surface area contributed by atoms with Crippen LogP contribution in [0.1, 0.15) is 73.4 Å². The maximum absolute atomic E-state index is 15.4. The Balaban J connectivity index is 0.00000384. The van der Waals surface area contributed by atoms with E-state index in [2.05, 4.69) is 4.98 Å². The second kappa shape index (κ2) is 12.3. The van der Waals surface area contributed by atoms with E-state index in [-0.39, 0.29) is 54.4 Å². The number of benzene rings is 2. The number of fused-ring (bicyclic) bond motifs is 2. The molecule has 0 bridgehead atoms. The zero-order valence-electron chi connectivity index (χ0n) is 25.5. The number of halogens is 1. The van der Waals surface area contributed by atoms with Gasteiger partial charge >= 0.3 is 25.0 Å². The van der Waals surface area contributed by atoms with Gasteiger partial charge in [-0.1, -0.05) is 12.1 Å². The predicted molar refractivity (Wildman–Crippen MR) is 151 cm³/mol. The van der Waals surface area contributed by atoms with Crippen molar-refractivity contribution >= 4 is 18.0 Å². The van der Waals surface area contributed by atoms with Gasteiger partial charge in [-0.2, -0.15) is 0 Å². The van der Waals surface area contributed by atoms with E-state index in [0.717, 1.165) is 23.6 Å². The molecular formula is C32H34FLiN4O6. The van der Waals surface area contributed by atoms with Gasteiger partial charge < -0.3 is 33.7 Å². The Morgan fingerprint density at radius 2 is 1.77 bits per heavy atom. The molecule has 44 heavy (non-hydrogen) atoms. The van der Waals surface area contributed by atoms with Crippen LogP contribution in [0.4, 0.5) is 9.18 Å². The third-order valence-corrected chi connectivity index (χ3v) is 8.18. The molecule has 1 saturated heterocycles. The molecule has 4 heterocycles. The maximum Gasteiger partial charge on any atom is 1.00 e. The van der Waals surface area contributed by atoms with Crippen LogP contribution in [-0.4, -0.2) is 62.1 Å². The number of rotatable bonds is 6. The molecule has 1 fully saturated rings. The Morgan fingerprint density at radius 3 is 2.43 bits per heavy atom. The van der Waals surface area contributed by atoms with Gasteiger partial charge in [0.25, 0.3) is 5.91 Å². The second-order valence-corrected chi connectivity index (χ2v) is 12.3. The first-order chi connectivity index (χ1) is 20.5. The molecule has 1 unspecified atom stereocenters. The van der Waals surface area contributed by atoms with Crippen LogP contribution in [0, 0.1) is 5.82 Å². The monoisotopic (exact) mass is 596 g/mol. The van der Waals surface area contributed by atoms with E-state index in [9.17, 15) is 19.5 Å². The fraction of sp³-hybridized carbons (Fsp3) is 0.438. The van der Waals surface area contributed by atoms with Crippen LogP contribution in [0.15, 0.2) is 42.7 Å². The number of nitrogens with zero attached hydrogens (tertiary/aromatic N) is 4. The quantitative estimate of drug-likeness (QED) is 0.388. The molecular weight excluding hydrogens is 562 g/mol. The average Bonchev–Trinajstić information content (AvgIpc) is 3.66. The summed E-state index contributed by atoms with van der Waals surface area (Å²) in [7, 11) is 0. The van der Waals surface area contributed by atoms with E-state index in [1.165, 1.54) is 6.07 Å². The third-order valence-electron chi connectivity index (χ3n) is 8.18. The topological polar surface area (TPSA) is 117 Å². The Morgan fingerprint density at radius 1 is 1.07 bits per heavy atom. The first-order valence-corrected chi connectivity index (χ1v) is 14.6. The van der Waals surface area contributed by atoms with E-state index < -0.39 is 29.3 Å².